The molecule has 0 radical (unpaired) electrons. The van der Waals surface area contributed by atoms with Crippen LogP contribution in [-0.4, -0.2) is 0 Å². The summed E-state index contributed by atoms with van der Waals surface area (Å²) in [5.41, 5.74) is 13.1. The summed E-state index contributed by atoms with van der Waals surface area (Å²) in [6.45, 7) is 0. The SMILES string of the molecule is c1ccc(-c2ccc(-c3cccc(N(c4ccc(-c5ccc6c(-c7ccccc7)cccc6c5)cc4)c4cccc5c4sc4ccccc45)c3)cc2)cc1. The van der Waals surface area contributed by atoms with Gasteiger partial charge in [-0.2, -0.15) is 0 Å². The van der Waals surface area contributed by atoms with Crippen LogP contribution in [0.2, 0.25) is 0 Å². The van der Waals surface area contributed by atoms with Gasteiger partial charge in [-0.25, -0.2) is 0 Å². The van der Waals surface area contributed by atoms with E-state index in [9.17, 15) is 0 Å². The van der Waals surface area contributed by atoms with E-state index in [2.05, 4.69) is 217 Å². The average molecular weight is 706 g/mol. The van der Waals surface area contributed by atoms with E-state index in [4.69, 9.17) is 0 Å². The number of thiophene rings is 1. The van der Waals surface area contributed by atoms with E-state index in [1.54, 1.807) is 0 Å². The van der Waals surface area contributed by atoms with Crippen LogP contribution in [0.3, 0.4) is 0 Å². The van der Waals surface area contributed by atoms with Gasteiger partial charge in [0.25, 0.3) is 0 Å². The Morgan fingerprint density at radius 1 is 0.315 bits per heavy atom. The lowest BCUT2D eigenvalue weighted by Crippen LogP contribution is -2.10. The van der Waals surface area contributed by atoms with Gasteiger partial charge in [0.2, 0.25) is 0 Å². The van der Waals surface area contributed by atoms with Crippen molar-refractivity contribution in [1.29, 1.82) is 0 Å². The van der Waals surface area contributed by atoms with E-state index in [1.165, 1.54) is 81.1 Å². The predicted octanol–water partition coefficient (Wildman–Crippen LogP) is 15.3. The van der Waals surface area contributed by atoms with Crippen molar-refractivity contribution in [2.24, 2.45) is 0 Å². The molecule has 0 N–H and O–H groups in total. The molecule has 0 aliphatic rings. The highest BCUT2D eigenvalue weighted by Gasteiger charge is 2.19. The Hall–Kier alpha value is -6.74. The van der Waals surface area contributed by atoms with Crippen LogP contribution in [0.1, 0.15) is 0 Å². The minimum Gasteiger partial charge on any atom is -0.309 e. The quantitative estimate of drug-likeness (QED) is 0.160. The second-order valence-corrected chi connectivity index (χ2v) is 14.8. The van der Waals surface area contributed by atoms with E-state index in [0.29, 0.717) is 0 Å². The van der Waals surface area contributed by atoms with Crippen molar-refractivity contribution in [3.05, 3.63) is 212 Å². The third-order valence-corrected chi connectivity index (χ3v) is 11.7. The number of anilines is 3. The van der Waals surface area contributed by atoms with Gasteiger partial charge < -0.3 is 4.90 Å². The monoisotopic (exact) mass is 705 g/mol. The van der Waals surface area contributed by atoms with Crippen LogP contribution in [0.4, 0.5) is 17.1 Å². The molecule has 1 heterocycles. The van der Waals surface area contributed by atoms with Crippen LogP contribution in [0, 0.1) is 0 Å². The van der Waals surface area contributed by atoms with Crippen LogP contribution in [0.25, 0.3) is 75.5 Å². The van der Waals surface area contributed by atoms with E-state index in [-0.39, 0.29) is 0 Å². The maximum absolute atomic E-state index is 2.43. The maximum Gasteiger partial charge on any atom is 0.0640 e. The summed E-state index contributed by atoms with van der Waals surface area (Å²) < 4.78 is 2.58. The molecule has 0 bridgehead atoms. The summed E-state index contributed by atoms with van der Waals surface area (Å²) in [5.74, 6) is 0. The minimum absolute atomic E-state index is 1.12. The molecule has 10 rings (SSSR count). The molecular weight excluding hydrogens is 671 g/mol. The van der Waals surface area contributed by atoms with E-state index in [0.717, 1.165) is 11.4 Å². The van der Waals surface area contributed by atoms with Crippen molar-refractivity contribution in [2.75, 3.05) is 4.90 Å². The molecule has 0 atom stereocenters. The normalized spacial score (nSPS) is 11.3. The molecule has 1 aromatic heterocycles. The molecule has 2 heteroatoms. The Bertz CT molecular complexity index is 2910. The first-order valence-corrected chi connectivity index (χ1v) is 19.2. The Labute approximate surface area is 319 Å². The third-order valence-electron chi connectivity index (χ3n) is 10.5. The molecule has 0 spiro atoms. The molecule has 0 fully saturated rings. The highest BCUT2D eigenvalue weighted by molar-refractivity contribution is 7.26. The number of fused-ring (bicyclic) bond motifs is 4. The van der Waals surface area contributed by atoms with Crippen LogP contribution in [0.15, 0.2) is 212 Å². The molecule has 0 amide bonds. The Morgan fingerprint density at radius 3 is 1.65 bits per heavy atom. The first-order chi connectivity index (χ1) is 26.8. The second-order valence-electron chi connectivity index (χ2n) is 13.7. The van der Waals surface area contributed by atoms with Crippen molar-refractivity contribution in [1.82, 2.24) is 0 Å². The van der Waals surface area contributed by atoms with Crippen molar-refractivity contribution >= 4 is 59.3 Å². The first kappa shape index (κ1) is 32.0. The summed E-state index contributed by atoms with van der Waals surface area (Å²) in [7, 11) is 0. The molecule has 9 aromatic carbocycles. The fourth-order valence-corrected chi connectivity index (χ4v) is 8.99. The van der Waals surface area contributed by atoms with Gasteiger partial charge in [-0.15, -0.1) is 11.3 Å². The highest BCUT2D eigenvalue weighted by atomic mass is 32.1. The molecule has 254 valence electrons. The molecule has 10 aromatic rings. The number of hydrogen-bond donors (Lipinski definition) is 0. The summed E-state index contributed by atoms with van der Waals surface area (Å²) in [6.07, 6.45) is 0. The maximum atomic E-state index is 2.43. The molecule has 1 nitrogen and oxygen atoms in total. The zero-order chi connectivity index (χ0) is 35.8. The number of rotatable bonds is 7. The first-order valence-electron chi connectivity index (χ1n) is 18.4. The molecule has 0 aliphatic heterocycles. The third kappa shape index (κ3) is 5.84. The smallest absolute Gasteiger partial charge is 0.0640 e. The minimum atomic E-state index is 1.12. The van der Waals surface area contributed by atoms with Crippen molar-refractivity contribution in [3.8, 4) is 44.5 Å². The van der Waals surface area contributed by atoms with E-state index < -0.39 is 0 Å². The zero-order valence-electron chi connectivity index (χ0n) is 29.6. The molecular formula is C52H35NS. The predicted molar refractivity (Wildman–Crippen MR) is 233 cm³/mol. The van der Waals surface area contributed by atoms with Crippen LogP contribution in [0.5, 0.6) is 0 Å². The van der Waals surface area contributed by atoms with Gasteiger partial charge in [-0.05, 0) is 97.7 Å². The summed E-state index contributed by atoms with van der Waals surface area (Å²) in [5, 5.41) is 5.09. The lowest BCUT2D eigenvalue weighted by molar-refractivity contribution is 1.30. The van der Waals surface area contributed by atoms with Gasteiger partial charge in [0, 0.05) is 26.8 Å². The van der Waals surface area contributed by atoms with Crippen LogP contribution in [-0.2, 0) is 0 Å². The van der Waals surface area contributed by atoms with Crippen LogP contribution < -0.4 is 4.90 Å². The Kier molecular flexibility index (Phi) is 8.09. The van der Waals surface area contributed by atoms with Gasteiger partial charge >= 0.3 is 0 Å². The largest absolute Gasteiger partial charge is 0.309 e. The lowest BCUT2D eigenvalue weighted by Gasteiger charge is -2.27. The van der Waals surface area contributed by atoms with Gasteiger partial charge in [0.05, 0.1) is 10.4 Å². The highest BCUT2D eigenvalue weighted by Crippen LogP contribution is 2.45. The molecule has 0 aliphatic carbocycles. The lowest BCUT2D eigenvalue weighted by atomic mass is 9.95. The fourth-order valence-electron chi connectivity index (χ4n) is 7.78. The van der Waals surface area contributed by atoms with Gasteiger partial charge in [0.1, 0.15) is 0 Å². The summed E-state index contributed by atoms with van der Waals surface area (Å²) in [6, 6.07) is 77.1. The molecule has 0 saturated heterocycles. The number of hydrogen-bond acceptors (Lipinski definition) is 2. The van der Waals surface area contributed by atoms with Crippen molar-refractivity contribution in [2.45, 2.75) is 0 Å². The van der Waals surface area contributed by atoms with E-state index in [1.807, 2.05) is 11.3 Å². The van der Waals surface area contributed by atoms with Crippen molar-refractivity contribution < 1.29 is 0 Å². The zero-order valence-corrected chi connectivity index (χ0v) is 30.4. The Balaban J connectivity index is 1.06. The molecule has 0 saturated carbocycles. The summed E-state index contributed by atoms with van der Waals surface area (Å²) in [4.78, 5) is 2.43. The van der Waals surface area contributed by atoms with Crippen LogP contribution >= 0.6 is 11.3 Å². The standard InChI is InChI=1S/C52H35NS/c1-3-12-36(13-4-1)37-24-26-38(27-25-37)41-16-9-18-45(35-41)53(50-22-11-21-49-48-19-7-8-23-51(48)54-52(49)50)44-31-28-39(29-32-44)42-30-33-47-43(34-42)17-10-20-46(47)40-14-5-2-6-15-40/h1-35H. The number of nitrogens with zero attached hydrogens (tertiary/aromatic N) is 1. The fraction of sp³-hybridized carbons (Fsp3) is 0. The number of benzene rings is 9. The topological polar surface area (TPSA) is 3.24 Å². The molecule has 54 heavy (non-hydrogen) atoms. The van der Waals surface area contributed by atoms with Crippen molar-refractivity contribution in [3.63, 3.8) is 0 Å². The average Bonchev–Trinajstić information content (AvgIpc) is 3.64. The van der Waals surface area contributed by atoms with Gasteiger partial charge in [0.15, 0.2) is 0 Å². The summed E-state index contributed by atoms with van der Waals surface area (Å²) >= 11 is 1.86. The Morgan fingerprint density at radius 2 is 0.870 bits per heavy atom. The van der Waals surface area contributed by atoms with Gasteiger partial charge in [-0.1, -0.05) is 170 Å². The van der Waals surface area contributed by atoms with E-state index >= 15 is 0 Å². The van der Waals surface area contributed by atoms with Gasteiger partial charge in [-0.3, -0.25) is 0 Å². The molecule has 0 unspecified atom stereocenters. The second kappa shape index (κ2) is 13.7.